The highest BCUT2D eigenvalue weighted by Crippen LogP contribution is 2.11. The van der Waals surface area contributed by atoms with E-state index < -0.39 is 0 Å². The molecule has 1 aliphatic rings. The van der Waals surface area contributed by atoms with Gasteiger partial charge in [-0.15, -0.1) is 0 Å². The van der Waals surface area contributed by atoms with Crippen LogP contribution in [0.4, 0.5) is 5.95 Å². The summed E-state index contributed by atoms with van der Waals surface area (Å²) in [7, 11) is 0. The van der Waals surface area contributed by atoms with Gasteiger partial charge in [-0.25, -0.2) is 9.97 Å². The van der Waals surface area contributed by atoms with Crippen molar-refractivity contribution in [1.82, 2.24) is 24.8 Å². The third kappa shape index (κ3) is 3.03. The first-order chi connectivity index (χ1) is 9.42. The molecule has 6 heteroatoms. The van der Waals surface area contributed by atoms with Crippen LogP contribution in [0.2, 0.25) is 0 Å². The quantitative estimate of drug-likeness (QED) is 0.801. The summed E-state index contributed by atoms with van der Waals surface area (Å²) in [6.45, 7) is 4.75. The highest BCUT2D eigenvalue weighted by Gasteiger charge is 2.18. The molecule has 98 valence electrons. The van der Waals surface area contributed by atoms with Gasteiger partial charge in [0.15, 0.2) is 0 Å². The Bertz CT molecular complexity index is 495. The van der Waals surface area contributed by atoms with Crippen LogP contribution in [0.5, 0.6) is 0 Å². The molecule has 1 saturated heterocycles. The van der Waals surface area contributed by atoms with Gasteiger partial charge in [-0.05, 0) is 6.07 Å². The summed E-state index contributed by atoms with van der Waals surface area (Å²) in [4.78, 5) is 21.6. The lowest BCUT2D eigenvalue weighted by Gasteiger charge is -2.34. The van der Waals surface area contributed by atoms with E-state index in [0.29, 0.717) is 0 Å². The maximum atomic E-state index is 4.31. The highest BCUT2D eigenvalue weighted by molar-refractivity contribution is 5.29. The largest absolute Gasteiger partial charge is 0.338 e. The molecule has 1 aliphatic heterocycles. The summed E-state index contributed by atoms with van der Waals surface area (Å²) in [6, 6.07) is 1.84. The topological polar surface area (TPSA) is 58.0 Å². The van der Waals surface area contributed by atoms with Gasteiger partial charge in [-0.2, -0.15) is 0 Å². The van der Waals surface area contributed by atoms with Gasteiger partial charge < -0.3 is 4.90 Å². The Balaban J connectivity index is 1.55. The third-order valence-corrected chi connectivity index (χ3v) is 3.21. The van der Waals surface area contributed by atoms with Gasteiger partial charge in [0.2, 0.25) is 5.95 Å². The number of piperazine rings is 1. The van der Waals surface area contributed by atoms with Crippen molar-refractivity contribution in [3.8, 4) is 0 Å². The molecule has 0 bridgehead atoms. The zero-order valence-corrected chi connectivity index (χ0v) is 10.7. The van der Waals surface area contributed by atoms with E-state index in [2.05, 4.69) is 29.7 Å². The smallest absolute Gasteiger partial charge is 0.225 e. The van der Waals surface area contributed by atoms with Crippen LogP contribution in [0.3, 0.4) is 0 Å². The molecular formula is C13H16N6. The van der Waals surface area contributed by atoms with Crippen molar-refractivity contribution < 1.29 is 0 Å². The Morgan fingerprint density at radius 3 is 2.37 bits per heavy atom. The first-order valence-electron chi connectivity index (χ1n) is 6.41. The number of hydrogen-bond acceptors (Lipinski definition) is 6. The number of anilines is 1. The van der Waals surface area contributed by atoms with Gasteiger partial charge >= 0.3 is 0 Å². The van der Waals surface area contributed by atoms with Crippen LogP contribution in [-0.2, 0) is 6.54 Å². The SMILES string of the molecule is c1cnc(N2CCN(Cc3cnccn3)CC2)nc1. The summed E-state index contributed by atoms with van der Waals surface area (Å²) in [6.07, 6.45) is 8.84. The first-order valence-corrected chi connectivity index (χ1v) is 6.41. The molecule has 0 saturated carbocycles. The van der Waals surface area contributed by atoms with E-state index in [1.54, 1.807) is 24.8 Å². The lowest BCUT2D eigenvalue weighted by Crippen LogP contribution is -2.46. The van der Waals surface area contributed by atoms with Crippen molar-refractivity contribution in [3.05, 3.63) is 42.7 Å². The van der Waals surface area contributed by atoms with Crippen LogP contribution >= 0.6 is 0 Å². The highest BCUT2D eigenvalue weighted by atomic mass is 15.3. The Hall–Kier alpha value is -2.08. The van der Waals surface area contributed by atoms with Crippen molar-refractivity contribution in [1.29, 1.82) is 0 Å². The van der Waals surface area contributed by atoms with Crippen LogP contribution in [0, 0.1) is 0 Å². The Morgan fingerprint density at radius 2 is 1.68 bits per heavy atom. The molecular weight excluding hydrogens is 240 g/mol. The van der Waals surface area contributed by atoms with Gasteiger partial charge in [0, 0.05) is 63.7 Å². The van der Waals surface area contributed by atoms with Gasteiger partial charge in [0.05, 0.1) is 5.69 Å². The molecule has 2 aromatic heterocycles. The van der Waals surface area contributed by atoms with E-state index >= 15 is 0 Å². The van der Waals surface area contributed by atoms with Gasteiger partial charge in [-0.3, -0.25) is 14.9 Å². The van der Waals surface area contributed by atoms with Crippen molar-refractivity contribution in [3.63, 3.8) is 0 Å². The summed E-state index contributed by atoms with van der Waals surface area (Å²) in [5.41, 5.74) is 1.02. The predicted molar refractivity (Wildman–Crippen MR) is 71.6 cm³/mol. The molecule has 19 heavy (non-hydrogen) atoms. The maximum absolute atomic E-state index is 4.31. The number of nitrogens with zero attached hydrogens (tertiary/aromatic N) is 6. The molecule has 1 fully saturated rings. The molecule has 0 aliphatic carbocycles. The van der Waals surface area contributed by atoms with Gasteiger partial charge in [0.25, 0.3) is 0 Å². The maximum Gasteiger partial charge on any atom is 0.225 e. The molecule has 0 radical (unpaired) electrons. The third-order valence-electron chi connectivity index (χ3n) is 3.21. The van der Waals surface area contributed by atoms with E-state index in [1.807, 2.05) is 12.3 Å². The molecule has 0 spiro atoms. The Labute approximate surface area is 112 Å². The normalized spacial score (nSPS) is 16.5. The summed E-state index contributed by atoms with van der Waals surface area (Å²) < 4.78 is 0. The van der Waals surface area contributed by atoms with E-state index in [9.17, 15) is 0 Å². The Morgan fingerprint density at radius 1 is 0.895 bits per heavy atom. The van der Waals surface area contributed by atoms with Crippen molar-refractivity contribution in [2.45, 2.75) is 6.54 Å². The first kappa shape index (κ1) is 12.0. The van der Waals surface area contributed by atoms with Crippen LogP contribution < -0.4 is 4.90 Å². The molecule has 0 atom stereocenters. The average molecular weight is 256 g/mol. The monoisotopic (exact) mass is 256 g/mol. The number of rotatable bonds is 3. The van der Waals surface area contributed by atoms with E-state index in [-0.39, 0.29) is 0 Å². The standard InChI is InChI=1S/C13H16N6/c1-2-16-13(17-3-1)19-8-6-18(7-9-19)11-12-10-14-4-5-15-12/h1-5,10H,6-9,11H2. The average Bonchev–Trinajstić information content (AvgIpc) is 2.50. The fourth-order valence-electron chi connectivity index (χ4n) is 2.20. The van der Waals surface area contributed by atoms with Crippen LogP contribution in [-0.4, -0.2) is 51.0 Å². The fourth-order valence-corrected chi connectivity index (χ4v) is 2.20. The minimum absolute atomic E-state index is 0.821. The van der Waals surface area contributed by atoms with Gasteiger partial charge in [-0.1, -0.05) is 0 Å². The lowest BCUT2D eigenvalue weighted by atomic mass is 10.3. The van der Waals surface area contributed by atoms with Crippen LogP contribution in [0.15, 0.2) is 37.1 Å². The molecule has 2 aromatic rings. The van der Waals surface area contributed by atoms with E-state index in [1.165, 1.54) is 0 Å². The van der Waals surface area contributed by atoms with Crippen molar-refractivity contribution >= 4 is 5.95 Å². The lowest BCUT2D eigenvalue weighted by molar-refractivity contribution is 0.245. The molecule has 6 nitrogen and oxygen atoms in total. The van der Waals surface area contributed by atoms with Crippen LogP contribution in [0.1, 0.15) is 5.69 Å². The zero-order chi connectivity index (χ0) is 12.9. The van der Waals surface area contributed by atoms with E-state index in [0.717, 1.165) is 44.4 Å². The van der Waals surface area contributed by atoms with Crippen LogP contribution in [0.25, 0.3) is 0 Å². The van der Waals surface area contributed by atoms with Crippen molar-refractivity contribution in [2.24, 2.45) is 0 Å². The molecule has 0 unspecified atom stereocenters. The zero-order valence-electron chi connectivity index (χ0n) is 10.7. The van der Waals surface area contributed by atoms with Crippen molar-refractivity contribution in [2.75, 3.05) is 31.1 Å². The minimum Gasteiger partial charge on any atom is -0.338 e. The molecule has 0 aromatic carbocycles. The van der Waals surface area contributed by atoms with E-state index in [4.69, 9.17) is 0 Å². The molecule has 0 amide bonds. The number of hydrogen-bond donors (Lipinski definition) is 0. The summed E-state index contributed by atoms with van der Waals surface area (Å²) in [5.74, 6) is 0.821. The molecule has 0 N–H and O–H groups in total. The Kier molecular flexibility index (Phi) is 3.60. The van der Waals surface area contributed by atoms with Gasteiger partial charge in [0.1, 0.15) is 0 Å². The second-order valence-electron chi connectivity index (χ2n) is 4.51. The number of aromatic nitrogens is 4. The molecule has 3 heterocycles. The minimum atomic E-state index is 0.821. The fraction of sp³-hybridized carbons (Fsp3) is 0.385. The second kappa shape index (κ2) is 5.71. The molecule has 3 rings (SSSR count). The summed E-state index contributed by atoms with van der Waals surface area (Å²) in [5, 5.41) is 0. The summed E-state index contributed by atoms with van der Waals surface area (Å²) >= 11 is 0. The second-order valence-corrected chi connectivity index (χ2v) is 4.51. The predicted octanol–water partition coefficient (Wildman–Crippen LogP) is 0.589.